The van der Waals surface area contributed by atoms with Crippen molar-refractivity contribution in [1.29, 1.82) is 0 Å². The minimum atomic E-state index is -0.827. The average Bonchev–Trinajstić information content (AvgIpc) is 2.86. The Bertz CT molecular complexity index is 403. The monoisotopic (exact) mass is 254 g/mol. The molecule has 1 saturated carbocycles. The number of hydrogen-bond donors (Lipinski definition) is 1. The molecule has 1 aliphatic carbocycles. The lowest BCUT2D eigenvalue weighted by molar-refractivity contribution is 0.231. The Morgan fingerprint density at radius 1 is 1.28 bits per heavy atom. The zero-order valence-corrected chi connectivity index (χ0v) is 10.7. The SMILES string of the molecule is CN(CC(N)c1ccc(F)c(F)c1)C1CCCC1. The summed E-state index contributed by atoms with van der Waals surface area (Å²) >= 11 is 0. The van der Waals surface area contributed by atoms with Gasteiger partial charge in [-0.2, -0.15) is 0 Å². The van der Waals surface area contributed by atoms with Gasteiger partial charge in [-0.15, -0.1) is 0 Å². The van der Waals surface area contributed by atoms with E-state index in [9.17, 15) is 8.78 Å². The van der Waals surface area contributed by atoms with Crippen molar-refractivity contribution in [2.45, 2.75) is 37.8 Å². The van der Waals surface area contributed by atoms with E-state index < -0.39 is 11.6 Å². The Morgan fingerprint density at radius 2 is 1.94 bits per heavy atom. The topological polar surface area (TPSA) is 29.3 Å². The van der Waals surface area contributed by atoms with E-state index in [4.69, 9.17) is 5.73 Å². The molecule has 100 valence electrons. The summed E-state index contributed by atoms with van der Waals surface area (Å²) in [5.41, 5.74) is 6.70. The first-order valence-electron chi connectivity index (χ1n) is 6.48. The summed E-state index contributed by atoms with van der Waals surface area (Å²) in [5.74, 6) is -1.65. The van der Waals surface area contributed by atoms with Gasteiger partial charge >= 0.3 is 0 Å². The van der Waals surface area contributed by atoms with Gasteiger partial charge in [-0.05, 0) is 37.6 Å². The van der Waals surface area contributed by atoms with Gasteiger partial charge in [-0.3, -0.25) is 0 Å². The van der Waals surface area contributed by atoms with Crippen molar-refractivity contribution < 1.29 is 8.78 Å². The maximum Gasteiger partial charge on any atom is 0.159 e. The van der Waals surface area contributed by atoms with Crippen LogP contribution in [0.4, 0.5) is 8.78 Å². The molecule has 0 bridgehead atoms. The van der Waals surface area contributed by atoms with Crippen molar-refractivity contribution in [2.75, 3.05) is 13.6 Å². The number of hydrogen-bond acceptors (Lipinski definition) is 2. The van der Waals surface area contributed by atoms with E-state index in [1.807, 2.05) is 0 Å². The molecule has 2 N–H and O–H groups in total. The van der Waals surface area contributed by atoms with Crippen LogP contribution in [0.2, 0.25) is 0 Å². The van der Waals surface area contributed by atoms with Gasteiger partial charge in [-0.1, -0.05) is 18.9 Å². The molecule has 1 atom stereocenters. The number of nitrogens with two attached hydrogens (primary N) is 1. The van der Waals surface area contributed by atoms with Crippen LogP contribution in [0.5, 0.6) is 0 Å². The highest BCUT2D eigenvalue weighted by atomic mass is 19.2. The lowest BCUT2D eigenvalue weighted by Gasteiger charge is -2.27. The minimum absolute atomic E-state index is 0.272. The molecule has 2 nitrogen and oxygen atoms in total. The van der Waals surface area contributed by atoms with Crippen molar-refractivity contribution in [2.24, 2.45) is 5.73 Å². The van der Waals surface area contributed by atoms with E-state index in [0.717, 1.165) is 6.07 Å². The molecule has 4 heteroatoms. The van der Waals surface area contributed by atoms with Crippen molar-refractivity contribution >= 4 is 0 Å². The highest BCUT2D eigenvalue weighted by Gasteiger charge is 2.21. The van der Waals surface area contributed by atoms with E-state index in [1.165, 1.54) is 31.7 Å². The standard InChI is InChI=1S/C14H20F2N2/c1-18(11-4-2-3-5-11)9-14(17)10-6-7-12(15)13(16)8-10/h6-8,11,14H,2-5,9,17H2,1H3. The summed E-state index contributed by atoms with van der Waals surface area (Å²) in [6.45, 7) is 0.676. The largest absolute Gasteiger partial charge is 0.323 e. The molecule has 0 radical (unpaired) electrons. The molecule has 1 aromatic carbocycles. The second-order valence-corrected chi connectivity index (χ2v) is 5.16. The number of halogens is 2. The highest BCUT2D eigenvalue weighted by Crippen LogP contribution is 2.24. The van der Waals surface area contributed by atoms with Crippen molar-refractivity contribution in [3.8, 4) is 0 Å². The summed E-state index contributed by atoms with van der Waals surface area (Å²) in [5, 5.41) is 0. The van der Waals surface area contributed by atoms with E-state index in [1.54, 1.807) is 6.07 Å². The van der Waals surface area contributed by atoms with Crippen LogP contribution in [0.1, 0.15) is 37.3 Å². The first kappa shape index (κ1) is 13.4. The van der Waals surface area contributed by atoms with Gasteiger partial charge < -0.3 is 10.6 Å². The molecule has 18 heavy (non-hydrogen) atoms. The predicted octanol–water partition coefficient (Wildman–Crippen LogP) is 2.84. The third-order valence-corrected chi connectivity index (χ3v) is 3.80. The molecule has 1 aromatic rings. The van der Waals surface area contributed by atoms with Crippen LogP contribution >= 0.6 is 0 Å². The van der Waals surface area contributed by atoms with Crippen LogP contribution in [-0.2, 0) is 0 Å². The summed E-state index contributed by atoms with van der Waals surface area (Å²) < 4.78 is 26.0. The van der Waals surface area contributed by atoms with Gasteiger partial charge in [0.25, 0.3) is 0 Å². The lowest BCUT2D eigenvalue weighted by atomic mass is 10.1. The first-order valence-corrected chi connectivity index (χ1v) is 6.48. The van der Waals surface area contributed by atoms with Crippen LogP contribution in [0.3, 0.4) is 0 Å². The number of nitrogens with zero attached hydrogens (tertiary/aromatic N) is 1. The Morgan fingerprint density at radius 3 is 2.56 bits per heavy atom. The number of likely N-dealkylation sites (N-methyl/N-ethyl adjacent to an activating group) is 1. The minimum Gasteiger partial charge on any atom is -0.323 e. The van der Waals surface area contributed by atoms with E-state index >= 15 is 0 Å². The van der Waals surface area contributed by atoms with E-state index in [-0.39, 0.29) is 6.04 Å². The van der Waals surface area contributed by atoms with Gasteiger partial charge in [0.1, 0.15) is 0 Å². The smallest absolute Gasteiger partial charge is 0.159 e. The Balaban J connectivity index is 1.97. The summed E-state index contributed by atoms with van der Waals surface area (Å²) in [6, 6.07) is 4.21. The molecule has 1 aliphatic rings. The lowest BCUT2D eigenvalue weighted by Crippen LogP contribution is -2.35. The van der Waals surface area contributed by atoms with E-state index in [2.05, 4.69) is 11.9 Å². The Labute approximate surface area is 107 Å². The Hall–Kier alpha value is -1.00. The van der Waals surface area contributed by atoms with Gasteiger partial charge in [0.05, 0.1) is 0 Å². The molecule has 0 amide bonds. The van der Waals surface area contributed by atoms with Crippen LogP contribution in [0.15, 0.2) is 18.2 Å². The fraction of sp³-hybridized carbons (Fsp3) is 0.571. The van der Waals surface area contributed by atoms with Gasteiger partial charge in [0.15, 0.2) is 11.6 Å². The summed E-state index contributed by atoms with van der Waals surface area (Å²) in [7, 11) is 2.05. The molecule has 0 aliphatic heterocycles. The molecule has 1 unspecified atom stereocenters. The fourth-order valence-corrected chi connectivity index (χ4v) is 2.65. The normalized spacial score (nSPS) is 18.5. The highest BCUT2D eigenvalue weighted by molar-refractivity contribution is 5.21. The van der Waals surface area contributed by atoms with Gasteiger partial charge in [0, 0.05) is 18.6 Å². The van der Waals surface area contributed by atoms with Crippen molar-refractivity contribution in [1.82, 2.24) is 4.90 Å². The third kappa shape index (κ3) is 3.06. The van der Waals surface area contributed by atoms with Gasteiger partial charge in [-0.25, -0.2) is 8.78 Å². The van der Waals surface area contributed by atoms with Crippen LogP contribution in [0, 0.1) is 11.6 Å². The number of rotatable bonds is 4. The predicted molar refractivity (Wildman–Crippen MR) is 68.2 cm³/mol. The fourth-order valence-electron chi connectivity index (χ4n) is 2.65. The van der Waals surface area contributed by atoms with Gasteiger partial charge in [0.2, 0.25) is 0 Å². The molecule has 2 rings (SSSR count). The summed E-state index contributed by atoms with van der Waals surface area (Å²) in [6.07, 6.45) is 4.97. The van der Waals surface area contributed by atoms with Crippen molar-refractivity contribution in [3.05, 3.63) is 35.4 Å². The zero-order chi connectivity index (χ0) is 13.1. The second kappa shape index (κ2) is 5.76. The van der Waals surface area contributed by atoms with Crippen LogP contribution in [0.25, 0.3) is 0 Å². The first-order chi connectivity index (χ1) is 8.58. The molecule has 1 fully saturated rings. The van der Waals surface area contributed by atoms with Crippen molar-refractivity contribution in [3.63, 3.8) is 0 Å². The Kier molecular flexibility index (Phi) is 4.30. The molecular weight excluding hydrogens is 234 g/mol. The molecule has 0 heterocycles. The zero-order valence-electron chi connectivity index (χ0n) is 10.7. The average molecular weight is 254 g/mol. The number of benzene rings is 1. The molecular formula is C14H20F2N2. The van der Waals surface area contributed by atoms with Crippen LogP contribution < -0.4 is 5.73 Å². The molecule has 0 spiro atoms. The maximum atomic E-state index is 13.1. The third-order valence-electron chi connectivity index (χ3n) is 3.80. The quantitative estimate of drug-likeness (QED) is 0.895. The maximum absolute atomic E-state index is 13.1. The second-order valence-electron chi connectivity index (χ2n) is 5.16. The van der Waals surface area contributed by atoms with Crippen LogP contribution in [-0.4, -0.2) is 24.5 Å². The van der Waals surface area contributed by atoms with E-state index in [0.29, 0.717) is 18.2 Å². The molecule has 0 aromatic heterocycles. The molecule has 0 saturated heterocycles. The summed E-state index contributed by atoms with van der Waals surface area (Å²) in [4.78, 5) is 2.24.